The highest BCUT2D eigenvalue weighted by Gasteiger charge is 2.39. The van der Waals surface area contributed by atoms with Crippen LogP contribution in [0.2, 0.25) is 0 Å². The SMILES string of the molecule is CCCC(CCC)(COC)C(=O)Oc1ccc(COC(=O)ON2C(=O)CCC2=O)cc1. The van der Waals surface area contributed by atoms with Crippen LogP contribution in [0.25, 0.3) is 0 Å². The van der Waals surface area contributed by atoms with Crippen molar-refractivity contribution < 1.29 is 38.2 Å². The molecule has 1 fully saturated rings. The second-order valence-corrected chi connectivity index (χ2v) is 7.46. The van der Waals surface area contributed by atoms with Crippen LogP contribution in [0.5, 0.6) is 5.75 Å². The van der Waals surface area contributed by atoms with E-state index in [9.17, 15) is 19.2 Å². The topological polar surface area (TPSA) is 108 Å². The van der Waals surface area contributed by atoms with Crippen molar-refractivity contribution in [1.82, 2.24) is 5.06 Å². The minimum absolute atomic E-state index is 0.00841. The van der Waals surface area contributed by atoms with E-state index in [2.05, 4.69) is 4.84 Å². The summed E-state index contributed by atoms with van der Waals surface area (Å²) in [5.74, 6) is -1.12. The molecule has 0 bridgehead atoms. The zero-order valence-corrected chi connectivity index (χ0v) is 18.2. The summed E-state index contributed by atoms with van der Waals surface area (Å²) in [7, 11) is 1.57. The zero-order chi connectivity index (χ0) is 22.9. The molecule has 1 heterocycles. The zero-order valence-electron chi connectivity index (χ0n) is 18.2. The Hall–Kier alpha value is -2.94. The van der Waals surface area contributed by atoms with Crippen molar-refractivity contribution in [3.8, 4) is 5.75 Å². The van der Waals surface area contributed by atoms with Gasteiger partial charge in [-0.15, -0.1) is 0 Å². The van der Waals surface area contributed by atoms with E-state index >= 15 is 0 Å². The number of imide groups is 1. The quantitative estimate of drug-likeness (QED) is 0.295. The van der Waals surface area contributed by atoms with Crippen molar-refractivity contribution in [3.05, 3.63) is 29.8 Å². The van der Waals surface area contributed by atoms with Gasteiger partial charge >= 0.3 is 12.1 Å². The number of hydroxylamine groups is 2. The lowest BCUT2D eigenvalue weighted by molar-refractivity contribution is -0.177. The summed E-state index contributed by atoms with van der Waals surface area (Å²) in [6, 6.07) is 6.48. The first-order chi connectivity index (χ1) is 14.8. The van der Waals surface area contributed by atoms with E-state index in [4.69, 9.17) is 14.2 Å². The van der Waals surface area contributed by atoms with E-state index in [1.807, 2.05) is 13.8 Å². The first kappa shape index (κ1) is 24.3. The Bertz CT molecular complexity index is 756. The van der Waals surface area contributed by atoms with Crippen LogP contribution in [0.4, 0.5) is 4.79 Å². The van der Waals surface area contributed by atoms with Crippen molar-refractivity contribution in [2.75, 3.05) is 13.7 Å². The third-order valence-corrected chi connectivity index (χ3v) is 4.97. The van der Waals surface area contributed by atoms with Gasteiger partial charge in [0.15, 0.2) is 0 Å². The summed E-state index contributed by atoms with van der Waals surface area (Å²) in [6.45, 7) is 4.19. The van der Waals surface area contributed by atoms with Gasteiger partial charge in [-0.25, -0.2) is 4.79 Å². The van der Waals surface area contributed by atoms with Crippen molar-refractivity contribution in [3.63, 3.8) is 0 Å². The Balaban J connectivity index is 1.92. The third-order valence-electron chi connectivity index (χ3n) is 4.97. The molecular weight excluding hydrogens is 406 g/mol. The van der Waals surface area contributed by atoms with Gasteiger partial charge in [-0.05, 0) is 30.5 Å². The molecule has 1 aliphatic heterocycles. The molecule has 1 aromatic rings. The molecule has 31 heavy (non-hydrogen) atoms. The van der Waals surface area contributed by atoms with Crippen molar-refractivity contribution >= 4 is 23.9 Å². The number of carbonyl (C=O) groups is 4. The largest absolute Gasteiger partial charge is 0.534 e. The van der Waals surface area contributed by atoms with Gasteiger partial charge < -0.3 is 14.2 Å². The lowest BCUT2D eigenvalue weighted by Crippen LogP contribution is -2.39. The summed E-state index contributed by atoms with van der Waals surface area (Å²) in [5, 5.41) is 0.420. The average Bonchev–Trinajstić information content (AvgIpc) is 3.05. The predicted octanol–water partition coefficient (Wildman–Crippen LogP) is 3.54. The average molecular weight is 435 g/mol. The molecule has 0 aromatic heterocycles. The molecule has 0 unspecified atom stereocenters. The highest BCUT2D eigenvalue weighted by Crippen LogP contribution is 2.32. The van der Waals surface area contributed by atoms with Gasteiger partial charge in [0.2, 0.25) is 0 Å². The molecule has 0 saturated carbocycles. The predicted molar refractivity (Wildman–Crippen MR) is 109 cm³/mol. The maximum absolute atomic E-state index is 12.9. The maximum atomic E-state index is 12.9. The van der Waals surface area contributed by atoms with Crippen molar-refractivity contribution in [1.29, 1.82) is 0 Å². The van der Waals surface area contributed by atoms with Gasteiger partial charge in [0.25, 0.3) is 11.8 Å². The highest BCUT2D eigenvalue weighted by atomic mass is 16.8. The van der Waals surface area contributed by atoms with Gasteiger partial charge in [0.05, 0.1) is 12.0 Å². The summed E-state index contributed by atoms with van der Waals surface area (Å²) >= 11 is 0. The van der Waals surface area contributed by atoms with Gasteiger partial charge in [0.1, 0.15) is 12.4 Å². The molecule has 0 N–H and O–H groups in total. The van der Waals surface area contributed by atoms with Crippen LogP contribution in [0.3, 0.4) is 0 Å². The lowest BCUT2D eigenvalue weighted by atomic mass is 9.80. The minimum Gasteiger partial charge on any atom is -0.428 e. The van der Waals surface area contributed by atoms with E-state index < -0.39 is 23.4 Å². The fraction of sp³-hybridized carbons (Fsp3) is 0.545. The molecule has 9 nitrogen and oxygen atoms in total. The second kappa shape index (κ2) is 11.5. The summed E-state index contributed by atoms with van der Waals surface area (Å²) in [6.07, 6.45) is 1.87. The first-order valence-corrected chi connectivity index (χ1v) is 10.4. The number of methoxy groups -OCH3 is 1. The number of amides is 2. The van der Waals surface area contributed by atoms with Crippen LogP contribution < -0.4 is 4.74 Å². The summed E-state index contributed by atoms with van der Waals surface area (Å²) in [4.78, 5) is 52.1. The Morgan fingerprint density at radius 2 is 1.58 bits per heavy atom. The number of nitrogens with zero attached hydrogens (tertiary/aromatic N) is 1. The van der Waals surface area contributed by atoms with E-state index in [1.54, 1.807) is 31.4 Å². The van der Waals surface area contributed by atoms with Crippen LogP contribution in [0.15, 0.2) is 24.3 Å². The monoisotopic (exact) mass is 435 g/mol. The Morgan fingerprint density at radius 1 is 1.00 bits per heavy atom. The third kappa shape index (κ3) is 6.52. The normalized spacial score (nSPS) is 14.0. The fourth-order valence-corrected chi connectivity index (χ4v) is 3.54. The second-order valence-electron chi connectivity index (χ2n) is 7.46. The van der Waals surface area contributed by atoms with Crippen molar-refractivity contribution in [2.24, 2.45) is 5.41 Å². The van der Waals surface area contributed by atoms with E-state index in [1.165, 1.54) is 0 Å². The van der Waals surface area contributed by atoms with E-state index in [0.717, 1.165) is 12.8 Å². The summed E-state index contributed by atoms with van der Waals surface area (Å²) in [5.41, 5.74) is -0.0742. The van der Waals surface area contributed by atoms with E-state index in [0.29, 0.717) is 35.8 Å². The number of benzene rings is 1. The molecule has 0 radical (unpaired) electrons. The molecule has 170 valence electrons. The lowest BCUT2D eigenvalue weighted by Gasteiger charge is -2.30. The number of esters is 1. The van der Waals surface area contributed by atoms with Gasteiger partial charge in [-0.1, -0.05) is 43.9 Å². The van der Waals surface area contributed by atoms with Crippen LogP contribution in [-0.4, -0.2) is 42.7 Å². The summed E-state index contributed by atoms with van der Waals surface area (Å²) < 4.78 is 15.8. The van der Waals surface area contributed by atoms with Crippen LogP contribution in [-0.2, 0) is 35.3 Å². The molecule has 1 aliphatic rings. The van der Waals surface area contributed by atoms with Crippen LogP contribution >= 0.6 is 0 Å². The molecule has 9 heteroatoms. The Morgan fingerprint density at radius 3 is 2.10 bits per heavy atom. The molecule has 0 spiro atoms. The molecular formula is C22H29NO8. The first-order valence-electron chi connectivity index (χ1n) is 10.4. The molecule has 0 atom stereocenters. The van der Waals surface area contributed by atoms with Gasteiger partial charge in [0, 0.05) is 20.0 Å². The number of rotatable bonds is 11. The van der Waals surface area contributed by atoms with Crippen LogP contribution in [0, 0.1) is 5.41 Å². The molecule has 2 amide bonds. The smallest absolute Gasteiger partial charge is 0.428 e. The number of hydrogen-bond acceptors (Lipinski definition) is 8. The minimum atomic E-state index is -1.15. The van der Waals surface area contributed by atoms with Gasteiger partial charge in [-0.3, -0.25) is 19.2 Å². The Kier molecular flexibility index (Phi) is 8.99. The van der Waals surface area contributed by atoms with Crippen LogP contribution in [0.1, 0.15) is 57.9 Å². The molecule has 1 saturated heterocycles. The maximum Gasteiger partial charge on any atom is 0.534 e. The highest BCUT2D eigenvalue weighted by molar-refractivity contribution is 6.01. The number of hydrogen-bond donors (Lipinski definition) is 0. The van der Waals surface area contributed by atoms with Gasteiger partial charge in [-0.2, -0.15) is 0 Å². The fourth-order valence-electron chi connectivity index (χ4n) is 3.54. The molecule has 2 rings (SSSR count). The number of ether oxygens (including phenoxy) is 3. The Labute approximate surface area is 181 Å². The molecule has 0 aliphatic carbocycles. The number of carbonyl (C=O) groups excluding carboxylic acids is 4. The van der Waals surface area contributed by atoms with E-state index in [-0.39, 0.29) is 25.4 Å². The van der Waals surface area contributed by atoms with Crippen molar-refractivity contribution in [2.45, 2.75) is 59.0 Å². The molecule has 1 aromatic carbocycles. The standard InChI is InChI=1S/C22H29NO8/c1-4-12-22(13-5-2,15-28-3)20(26)30-17-8-6-16(7-9-17)14-29-21(27)31-23-18(24)10-11-19(23)25/h6-9H,4-5,10-15H2,1-3H3.